The molecule has 3 amide bonds. The number of hydrogen-bond donors (Lipinski definition) is 2. The molecule has 126 valence electrons. The molecule has 1 aliphatic heterocycles. The highest BCUT2D eigenvalue weighted by Crippen LogP contribution is 2.24. The molecule has 0 spiro atoms. The van der Waals surface area contributed by atoms with Gasteiger partial charge in [0.05, 0.1) is 17.7 Å². The summed E-state index contributed by atoms with van der Waals surface area (Å²) in [5.74, 6) is -0.143. The van der Waals surface area contributed by atoms with Crippen LogP contribution < -0.4 is 10.6 Å². The van der Waals surface area contributed by atoms with Crippen molar-refractivity contribution in [2.45, 2.75) is 26.4 Å². The lowest BCUT2D eigenvalue weighted by molar-refractivity contribution is -0.127. The van der Waals surface area contributed by atoms with E-state index in [9.17, 15) is 9.59 Å². The summed E-state index contributed by atoms with van der Waals surface area (Å²) in [7, 11) is 0. The Bertz CT molecular complexity index is 759. The number of amides is 3. The summed E-state index contributed by atoms with van der Waals surface area (Å²) >= 11 is 1.51. The Labute approximate surface area is 144 Å². The van der Waals surface area contributed by atoms with Gasteiger partial charge in [0.15, 0.2) is 0 Å². The van der Waals surface area contributed by atoms with Crippen LogP contribution in [-0.2, 0) is 11.3 Å². The number of rotatable bonds is 3. The van der Waals surface area contributed by atoms with Gasteiger partial charge in [-0.3, -0.25) is 4.79 Å². The fourth-order valence-electron chi connectivity index (χ4n) is 2.81. The van der Waals surface area contributed by atoms with Gasteiger partial charge in [-0.25, -0.2) is 9.78 Å². The highest BCUT2D eigenvalue weighted by Gasteiger charge is 2.34. The van der Waals surface area contributed by atoms with Crippen LogP contribution in [0.15, 0.2) is 29.8 Å². The zero-order valence-electron chi connectivity index (χ0n) is 13.7. The predicted octanol–water partition coefficient (Wildman–Crippen LogP) is 2.14. The average molecular weight is 344 g/mol. The van der Waals surface area contributed by atoms with Gasteiger partial charge < -0.3 is 15.5 Å². The molecular weight excluding hydrogens is 324 g/mol. The van der Waals surface area contributed by atoms with Crippen molar-refractivity contribution in [3.63, 3.8) is 0 Å². The van der Waals surface area contributed by atoms with E-state index in [2.05, 4.69) is 15.6 Å². The molecule has 2 N–H and O–H groups in total. The van der Waals surface area contributed by atoms with Crippen molar-refractivity contribution in [3.8, 4) is 0 Å². The van der Waals surface area contributed by atoms with E-state index in [1.807, 2.05) is 38.1 Å². The SMILES string of the molecule is Cc1cccc(C2C(=O)NCCN2C(=O)NCc2scnc2C)c1. The van der Waals surface area contributed by atoms with Crippen LogP contribution >= 0.6 is 11.3 Å². The largest absolute Gasteiger partial charge is 0.352 e. The first-order chi connectivity index (χ1) is 11.6. The Kier molecular flexibility index (Phi) is 4.80. The maximum atomic E-state index is 12.6. The van der Waals surface area contributed by atoms with Crippen LogP contribution in [0.3, 0.4) is 0 Å². The molecule has 6 nitrogen and oxygen atoms in total. The molecule has 1 aliphatic rings. The summed E-state index contributed by atoms with van der Waals surface area (Å²) in [4.78, 5) is 31.8. The maximum absolute atomic E-state index is 12.6. The molecule has 1 aromatic heterocycles. The number of piperazine rings is 1. The fourth-order valence-corrected chi connectivity index (χ4v) is 3.53. The quantitative estimate of drug-likeness (QED) is 0.896. The van der Waals surface area contributed by atoms with Gasteiger partial charge in [0.25, 0.3) is 0 Å². The second-order valence-electron chi connectivity index (χ2n) is 5.82. The van der Waals surface area contributed by atoms with E-state index in [1.165, 1.54) is 11.3 Å². The van der Waals surface area contributed by atoms with Crippen LogP contribution in [0.4, 0.5) is 4.79 Å². The van der Waals surface area contributed by atoms with Crippen LogP contribution in [0.1, 0.15) is 27.7 Å². The summed E-state index contributed by atoms with van der Waals surface area (Å²) in [6.07, 6.45) is 0. The van der Waals surface area contributed by atoms with Crippen molar-refractivity contribution in [2.24, 2.45) is 0 Å². The maximum Gasteiger partial charge on any atom is 0.318 e. The van der Waals surface area contributed by atoms with Gasteiger partial charge in [-0.1, -0.05) is 29.8 Å². The number of hydrogen-bond acceptors (Lipinski definition) is 4. The normalized spacial score (nSPS) is 17.5. The lowest BCUT2D eigenvalue weighted by atomic mass is 10.0. The number of aryl methyl sites for hydroxylation is 2. The van der Waals surface area contributed by atoms with E-state index in [0.29, 0.717) is 19.6 Å². The zero-order valence-corrected chi connectivity index (χ0v) is 14.5. The molecule has 0 bridgehead atoms. The van der Waals surface area contributed by atoms with Crippen molar-refractivity contribution < 1.29 is 9.59 Å². The predicted molar refractivity (Wildman–Crippen MR) is 92.7 cm³/mol. The first-order valence-corrected chi connectivity index (χ1v) is 8.72. The second-order valence-corrected chi connectivity index (χ2v) is 6.76. The Morgan fingerprint density at radius 1 is 1.46 bits per heavy atom. The molecule has 7 heteroatoms. The van der Waals surface area contributed by atoms with E-state index in [4.69, 9.17) is 0 Å². The van der Waals surface area contributed by atoms with Gasteiger partial charge in [-0.15, -0.1) is 11.3 Å². The van der Waals surface area contributed by atoms with Crippen molar-refractivity contribution in [1.82, 2.24) is 20.5 Å². The Balaban J connectivity index is 1.77. The van der Waals surface area contributed by atoms with E-state index in [-0.39, 0.29) is 11.9 Å². The van der Waals surface area contributed by atoms with Crippen molar-refractivity contribution >= 4 is 23.3 Å². The number of urea groups is 1. The Morgan fingerprint density at radius 3 is 3.00 bits per heavy atom. The molecule has 1 unspecified atom stereocenters. The monoisotopic (exact) mass is 344 g/mol. The number of nitrogens with zero attached hydrogens (tertiary/aromatic N) is 2. The number of aromatic nitrogens is 1. The van der Waals surface area contributed by atoms with Crippen molar-refractivity contribution in [3.05, 3.63) is 51.5 Å². The summed E-state index contributed by atoms with van der Waals surface area (Å²) in [5.41, 5.74) is 4.58. The Hall–Kier alpha value is -2.41. The third kappa shape index (κ3) is 3.41. The van der Waals surface area contributed by atoms with Crippen molar-refractivity contribution in [2.75, 3.05) is 13.1 Å². The van der Waals surface area contributed by atoms with E-state index in [0.717, 1.165) is 21.7 Å². The zero-order chi connectivity index (χ0) is 17.1. The molecule has 0 aliphatic carbocycles. The third-order valence-corrected chi connectivity index (χ3v) is 5.01. The topological polar surface area (TPSA) is 74.3 Å². The molecule has 2 aromatic rings. The van der Waals surface area contributed by atoms with Crippen LogP contribution in [0.5, 0.6) is 0 Å². The summed E-state index contributed by atoms with van der Waals surface area (Å²) in [5, 5.41) is 5.75. The third-order valence-electron chi connectivity index (χ3n) is 4.08. The highest BCUT2D eigenvalue weighted by molar-refractivity contribution is 7.09. The number of nitrogens with one attached hydrogen (secondary N) is 2. The summed E-state index contributed by atoms with van der Waals surface area (Å²) < 4.78 is 0. The van der Waals surface area contributed by atoms with E-state index < -0.39 is 6.04 Å². The first kappa shape index (κ1) is 16.4. The van der Waals surface area contributed by atoms with Crippen molar-refractivity contribution in [1.29, 1.82) is 0 Å². The molecule has 1 aromatic carbocycles. The van der Waals surface area contributed by atoms with Gasteiger partial charge in [0.1, 0.15) is 6.04 Å². The molecule has 0 saturated carbocycles. The smallest absolute Gasteiger partial charge is 0.318 e. The minimum Gasteiger partial charge on any atom is -0.352 e. The van der Waals surface area contributed by atoms with E-state index in [1.54, 1.807) is 10.4 Å². The average Bonchev–Trinajstić information content (AvgIpc) is 2.97. The van der Waals surface area contributed by atoms with Gasteiger partial charge in [-0.2, -0.15) is 0 Å². The minimum atomic E-state index is -0.596. The van der Waals surface area contributed by atoms with Crippen LogP contribution in [0.25, 0.3) is 0 Å². The summed E-state index contributed by atoms with van der Waals surface area (Å²) in [6.45, 7) is 5.27. The van der Waals surface area contributed by atoms with Crippen LogP contribution in [0.2, 0.25) is 0 Å². The molecule has 3 rings (SSSR count). The van der Waals surface area contributed by atoms with Gasteiger partial charge >= 0.3 is 6.03 Å². The lowest BCUT2D eigenvalue weighted by Crippen LogP contribution is -2.54. The molecule has 2 heterocycles. The molecular formula is C17H20N4O2S. The highest BCUT2D eigenvalue weighted by atomic mass is 32.1. The fraction of sp³-hybridized carbons (Fsp3) is 0.353. The first-order valence-electron chi connectivity index (χ1n) is 7.84. The molecule has 1 fully saturated rings. The number of carbonyl (C=O) groups excluding carboxylic acids is 2. The van der Waals surface area contributed by atoms with Gasteiger partial charge in [0, 0.05) is 18.0 Å². The Morgan fingerprint density at radius 2 is 2.29 bits per heavy atom. The van der Waals surface area contributed by atoms with Crippen LogP contribution in [0, 0.1) is 13.8 Å². The minimum absolute atomic E-state index is 0.143. The summed E-state index contributed by atoms with van der Waals surface area (Å²) in [6, 6.07) is 6.88. The van der Waals surface area contributed by atoms with E-state index >= 15 is 0 Å². The lowest BCUT2D eigenvalue weighted by Gasteiger charge is -2.35. The molecule has 24 heavy (non-hydrogen) atoms. The second kappa shape index (κ2) is 7.00. The standard InChI is InChI=1S/C17H20N4O2S/c1-11-4-3-5-13(8-11)15-16(22)18-6-7-21(15)17(23)19-9-14-12(2)20-10-24-14/h3-5,8,10,15H,6-7,9H2,1-2H3,(H,18,22)(H,19,23). The van der Waals surface area contributed by atoms with Gasteiger partial charge in [0.2, 0.25) is 5.91 Å². The number of benzene rings is 1. The number of thiazole rings is 1. The molecule has 1 atom stereocenters. The van der Waals surface area contributed by atoms with Crippen LogP contribution in [-0.4, -0.2) is 34.9 Å². The number of carbonyl (C=O) groups is 2. The molecule has 1 saturated heterocycles. The van der Waals surface area contributed by atoms with Gasteiger partial charge in [-0.05, 0) is 19.4 Å². The molecule has 0 radical (unpaired) electrons.